The first-order valence-corrected chi connectivity index (χ1v) is 8.50. The molecule has 0 radical (unpaired) electrons. The molecule has 1 unspecified atom stereocenters. The molecule has 0 bridgehead atoms. The smallest absolute Gasteiger partial charge is 0.289 e. The molecular formula is C19H19N5O2. The maximum absolute atomic E-state index is 12.8. The fourth-order valence-electron chi connectivity index (χ4n) is 3.38. The average Bonchev–Trinajstić information content (AvgIpc) is 3.40. The molecule has 0 fully saturated rings. The standard InChI is InChI=1S/C19H19N5O2/c25-18-16(14-5-2-1-3-6-14)17(15-7-8-21-22-15)24(19(18)26)11-4-10-23-12-9-20-13-23/h1-3,5-9,12-13,17,25H,4,10-11H2,(H,21,22). The Labute approximate surface area is 150 Å². The number of amides is 1. The van der Waals surface area contributed by atoms with Crippen molar-refractivity contribution in [3.8, 4) is 0 Å². The highest BCUT2D eigenvalue weighted by molar-refractivity contribution is 6.05. The van der Waals surface area contributed by atoms with Gasteiger partial charge in [0.2, 0.25) is 0 Å². The first-order chi connectivity index (χ1) is 12.8. The minimum atomic E-state index is -0.379. The predicted octanol–water partition coefficient (Wildman–Crippen LogP) is 2.55. The van der Waals surface area contributed by atoms with Gasteiger partial charge in [0.1, 0.15) is 6.04 Å². The number of imidazole rings is 1. The van der Waals surface area contributed by atoms with E-state index < -0.39 is 0 Å². The van der Waals surface area contributed by atoms with E-state index in [1.165, 1.54) is 0 Å². The number of aliphatic hydroxyl groups is 1. The van der Waals surface area contributed by atoms with Crippen LogP contribution in [-0.4, -0.2) is 42.2 Å². The van der Waals surface area contributed by atoms with Crippen LogP contribution >= 0.6 is 0 Å². The van der Waals surface area contributed by atoms with E-state index in [9.17, 15) is 9.90 Å². The summed E-state index contributed by atoms with van der Waals surface area (Å²) in [5.74, 6) is -0.549. The quantitative estimate of drug-likeness (QED) is 0.716. The maximum atomic E-state index is 12.8. The summed E-state index contributed by atoms with van der Waals surface area (Å²) in [6.45, 7) is 1.27. The fourth-order valence-corrected chi connectivity index (χ4v) is 3.38. The summed E-state index contributed by atoms with van der Waals surface area (Å²) in [6, 6.07) is 11.0. The zero-order valence-electron chi connectivity index (χ0n) is 14.1. The van der Waals surface area contributed by atoms with E-state index in [1.807, 2.05) is 47.2 Å². The Bertz CT molecular complexity index is 901. The van der Waals surface area contributed by atoms with Gasteiger partial charge in [-0.2, -0.15) is 5.10 Å². The molecule has 1 aromatic carbocycles. The highest BCUT2D eigenvalue weighted by atomic mass is 16.3. The normalized spacial score (nSPS) is 17.3. The van der Waals surface area contributed by atoms with Crippen LogP contribution in [0.25, 0.3) is 5.57 Å². The monoisotopic (exact) mass is 349 g/mol. The first kappa shape index (κ1) is 16.1. The molecule has 1 aliphatic heterocycles. The summed E-state index contributed by atoms with van der Waals surface area (Å²) in [7, 11) is 0. The number of benzene rings is 1. The van der Waals surface area contributed by atoms with Crippen molar-refractivity contribution >= 4 is 11.5 Å². The summed E-state index contributed by atoms with van der Waals surface area (Å²) in [5, 5.41) is 17.5. The molecule has 0 aliphatic carbocycles. The molecule has 0 saturated heterocycles. The number of aliphatic hydroxyl groups excluding tert-OH is 1. The molecule has 3 aromatic rings. The van der Waals surface area contributed by atoms with E-state index in [-0.39, 0.29) is 17.7 Å². The second-order valence-electron chi connectivity index (χ2n) is 6.20. The molecular weight excluding hydrogens is 330 g/mol. The Morgan fingerprint density at radius 3 is 2.65 bits per heavy atom. The third-order valence-electron chi connectivity index (χ3n) is 4.58. The minimum Gasteiger partial charge on any atom is -0.503 e. The van der Waals surface area contributed by atoms with Gasteiger partial charge in [-0.05, 0) is 18.1 Å². The lowest BCUT2D eigenvalue weighted by Crippen LogP contribution is -2.32. The number of hydrogen-bond acceptors (Lipinski definition) is 4. The molecule has 0 spiro atoms. The van der Waals surface area contributed by atoms with Crippen LogP contribution in [0, 0.1) is 0 Å². The van der Waals surface area contributed by atoms with Crippen molar-refractivity contribution in [2.45, 2.75) is 19.0 Å². The number of H-pyrrole nitrogens is 1. The van der Waals surface area contributed by atoms with Gasteiger partial charge in [-0.3, -0.25) is 9.89 Å². The molecule has 26 heavy (non-hydrogen) atoms. The Kier molecular flexibility index (Phi) is 4.27. The van der Waals surface area contributed by atoms with E-state index in [0.29, 0.717) is 12.1 Å². The number of aromatic amines is 1. The van der Waals surface area contributed by atoms with Gasteiger partial charge in [0.05, 0.1) is 12.0 Å². The van der Waals surface area contributed by atoms with Gasteiger partial charge in [-0.25, -0.2) is 4.98 Å². The van der Waals surface area contributed by atoms with Gasteiger partial charge < -0.3 is 14.6 Å². The summed E-state index contributed by atoms with van der Waals surface area (Å²) < 4.78 is 1.97. The van der Waals surface area contributed by atoms with Gasteiger partial charge in [-0.1, -0.05) is 30.3 Å². The van der Waals surface area contributed by atoms with Crippen molar-refractivity contribution < 1.29 is 9.90 Å². The highest BCUT2D eigenvalue weighted by Gasteiger charge is 2.41. The van der Waals surface area contributed by atoms with Crippen LogP contribution in [0.1, 0.15) is 23.7 Å². The number of nitrogens with zero attached hydrogens (tertiary/aromatic N) is 4. The zero-order chi connectivity index (χ0) is 17.9. The Morgan fingerprint density at radius 1 is 1.12 bits per heavy atom. The summed E-state index contributed by atoms with van der Waals surface area (Å²) in [5.41, 5.74) is 2.22. The van der Waals surface area contributed by atoms with Crippen molar-refractivity contribution in [1.82, 2.24) is 24.6 Å². The highest BCUT2D eigenvalue weighted by Crippen LogP contribution is 2.42. The lowest BCUT2D eigenvalue weighted by atomic mass is 9.97. The Hall–Kier alpha value is -3.35. The number of nitrogens with one attached hydrogen (secondary N) is 1. The first-order valence-electron chi connectivity index (χ1n) is 8.50. The summed E-state index contributed by atoms with van der Waals surface area (Å²) >= 11 is 0. The molecule has 0 saturated carbocycles. The molecule has 7 heteroatoms. The Morgan fingerprint density at radius 2 is 1.96 bits per heavy atom. The van der Waals surface area contributed by atoms with Gasteiger partial charge in [-0.15, -0.1) is 0 Å². The van der Waals surface area contributed by atoms with Crippen LogP contribution in [0.4, 0.5) is 0 Å². The van der Waals surface area contributed by atoms with Crippen molar-refractivity contribution in [2.24, 2.45) is 0 Å². The molecule has 2 N–H and O–H groups in total. The lowest BCUT2D eigenvalue weighted by Gasteiger charge is -2.26. The second kappa shape index (κ2) is 6.87. The number of aromatic nitrogens is 4. The van der Waals surface area contributed by atoms with Crippen LogP contribution in [0.5, 0.6) is 0 Å². The lowest BCUT2D eigenvalue weighted by molar-refractivity contribution is -0.129. The second-order valence-corrected chi connectivity index (χ2v) is 6.20. The number of hydrogen-bond donors (Lipinski definition) is 2. The molecule has 1 atom stereocenters. The average molecular weight is 349 g/mol. The van der Waals surface area contributed by atoms with Crippen LogP contribution in [0.15, 0.2) is 67.1 Å². The van der Waals surface area contributed by atoms with Gasteiger partial charge in [0, 0.05) is 37.3 Å². The molecule has 1 amide bonds. The van der Waals surface area contributed by atoms with E-state index in [2.05, 4.69) is 15.2 Å². The minimum absolute atomic E-state index is 0.196. The van der Waals surface area contributed by atoms with Gasteiger partial charge in [0.25, 0.3) is 5.91 Å². The van der Waals surface area contributed by atoms with E-state index in [1.54, 1.807) is 23.6 Å². The molecule has 132 valence electrons. The van der Waals surface area contributed by atoms with E-state index >= 15 is 0 Å². The maximum Gasteiger partial charge on any atom is 0.289 e. The van der Waals surface area contributed by atoms with Gasteiger partial charge >= 0.3 is 0 Å². The molecule has 3 heterocycles. The largest absolute Gasteiger partial charge is 0.503 e. The molecule has 2 aromatic heterocycles. The molecule has 4 rings (SSSR count). The third kappa shape index (κ3) is 2.88. The summed E-state index contributed by atoms with van der Waals surface area (Å²) in [4.78, 5) is 18.5. The third-order valence-corrected chi connectivity index (χ3v) is 4.58. The molecule has 7 nitrogen and oxygen atoms in total. The Balaban J connectivity index is 1.63. The van der Waals surface area contributed by atoms with Gasteiger partial charge in [0.15, 0.2) is 5.76 Å². The zero-order valence-corrected chi connectivity index (χ0v) is 14.1. The number of aryl methyl sites for hydroxylation is 1. The van der Waals surface area contributed by atoms with Crippen molar-refractivity contribution in [3.05, 3.63) is 78.3 Å². The number of carbonyl (C=O) groups is 1. The fraction of sp³-hybridized carbons (Fsp3) is 0.211. The SMILES string of the molecule is O=C1C(O)=C(c2ccccc2)C(c2ccn[nH]2)N1CCCn1ccnc1. The number of rotatable bonds is 6. The van der Waals surface area contributed by atoms with Crippen molar-refractivity contribution in [1.29, 1.82) is 0 Å². The summed E-state index contributed by atoms with van der Waals surface area (Å²) in [6.07, 6.45) is 7.78. The number of carbonyl (C=O) groups excluding carboxylic acids is 1. The van der Waals surface area contributed by atoms with Crippen LogP contribution in [0.3, 0.4) is 0 Å². The topological polar surface area (TPSA) is 87.0 Å². The molecule has 1 aliphatic rings. The predicted molar refractivity (Wildman–Crippen MR) is 95.9 cm³/mol. The van der Waals surface area contributed by atoms with Crippen LogP contribution in [0.2, 0.25) is 0 Å². The van der Waals surface area contributed by atoms with Crippen molar-refractivity contribution in [3.63, 3.8) is 0 Å². The van der Waals surface area contributed by atoms with E-state index in [0.717, 1.165) is 24.2 Å². The van der Waals surface area contributed by atoms with Crippen LogP contribution < -0.4 is 0 Å². The van der Waals surface area contributed by atoms with Crippen molar-refractivity contribution in [2.75, 3.05) is 6.54 Å². The van der Waals surface area contributed by atoms with Crippen LogP contribution in [-0.2, 0) is 11.3 Å². The van der Waals surface area contributed by atoms with E-state index in [4.69, 9.17) is 0 Å².